The summed E-state index contributed by atoms with van der Waals surface area (Å²) >= 11 is 0. The van der Waals surface area contributed by atoms with Gasteiger partial charge in [0.1, 0.15) is 18.9 Å². The van der Waals surface area contributed by atoms with E-state index in [4.69, 9.17) is 0 Å². The first kappa shape index (κ1) is 11.4. The van der Waals surface area contributed by atoms with Gasteiger partial charge in [0, 0.05) is 0 Å². The zero-order valence-corrected chi connectivity index (χ0v) is 9.96. The summed E-state index contributed by atoms with van der Waals surface area (Å²) in [6, 6.07) is 7.44. The third-order valence-corrected chi connectivity index (χ3v) is 2.56. The van der Waals surface area contributed by atoms with E-state index in [2.05, 4.69) is 9.30 Å². The van der Waals surface area contributed by atoms with Gasteiger partial charge in [-0.2, -0.15) is 0 Å². The molecule has 0 bridgehead atoms. The van der Waals surface area contributed by atoms with Crippen LogP contribution >= 0.6 is 0 Å². The molecule has 1 heterocycles. The van der Waals surface area contributed by atoms with Crippen molar-refractivity contribution >= 4 is 5.97 Å². The van der Waals surface area contributed by atoms with Gasteiger partial charge >= 0.3 is 5.97 Å². The summed E-state index contributed by atoms with van der Waals surface area (Å²) in [5.74, 6) is -0.302. The number of imidazole rings is 1. The van der Waals surface area contributed by atoms with E-state index >= 15 is 0 Å². The van der Waals surface area contributed by atoms with Crippen LogP contribution in [0.25, 0.3) is 0 Å². The minimum atomic E-state index is -0.302. The number of hydrogen-bond acceptors (Lipinski definition) is 2. The predicted molar refractivity (Wildman–Crippen MR) is 62.5 cm³/mol. The van der Waals surface area contributed by atoms with E-state index in [1.54, 1.807) is 12.1 Å². The second kappa shape index (κ2) is 4.82. The molecule has 0 amide bonds. The van der Waals surface area contributed by atoms with Crippen LogP contribution < -0.4 is 4.57 Å². The van der Waals surface area contributed by atoms with Gasteiger partial charge in [-0.3, -0.25) is 0 Å². The van der Waals surface area contributed by atoms with Gasteiger partial charge in [0.15, 0.2) is 0 Å². The summed E-state index contributed by atoms with van der Waals surface area (Å²) in [5, 5.41) is 0. The molecule has 0 saturated carbocycles. The molecule has 4 nitrogen and oxygen atoms in total. The minimum Gasteiger partial charge on any atom is -0.465 e. The van der Waals surface area contributed by atoms with Gasteiger partial charge in [-0.1, -0.05) is 12.1 Å². The minimum absolute atomic E-state index is 0.302. The lowest BCUT2D eigenvalue weighted by atomic mass is 10.1. The first-order valence-electron chi connectivity index (χ1n) is 5.37. The number of methoxy groups -OCH3 is 1. The fourth-order valence-electron chi connectivity index (χ4n) is 1.67. The van der Waals surface area contributed by atoms with Crippen molar-refractivity contribution < 1.29 is 14.1 Å². The van der Waals surface area contributed by atoms with E-state index in [1.165, 1.54) is 7.11 Å². The molecule has 2 rings (SSSR count). The Morgan fingerprint density at radius 3 is 2.59 bits per heavy atom. The van der Waals surface area contributed by atoms with E-state index in [-0.39, 0.29) is 5.97 Å². The summed E-state index contributed by atoms with van der Waals surface area (Å²) in [7, 11) is 3.37. The summed E-state index contributed by atoms with van der Waals surface area (Å²) in [4.78, 5) is 11.3. The summed E-state index contributed by atoms with van der Waals surface area (Å²) in [5.41, 5.74) is 1.73. The van der Waals surface area contributed by atoms with E-state index < -0.39 is 0 Å². The number of aryl methyl sites for hydroxylation is 1. The lowest BCUT2D eigenvalue weighted by Crippen LogP contribution is -2.23. The molecule has 0 N–H and O–H groups in total. The van der Waals surface area contributed by atoms with Crippen LogP contribution in [-0.4, -0.2) is 17.6 Å². The number of benzene rings is 1. The monoisotopic (exact) mass is 231 g/mol. The smallest absolute Gasteiger partial charge is 0.337 e. The molecule has 0 saturated heterocycles. The van der Waals surface area contributed by atoms with Crippen molar-refractivity contribution in [3.63, 3.8) is 0 Å². The predicted octanol–water partition coefficient (Wildman–Crippen LogP) is 1.15. The zero-order valence-electron chi connectivity index (χ0n) is 9.96. The Morgan fingerprint density at radius 1 is 1.35 bits per heavy atom. The number of carbonyl (C=O) groups is 1. The van der Waals surface area contributed by atoms with Gasteiger partial charge in [0.2, 0.25) is 6.33 Å². The molecule has 1 aromatic heterocycles. The summed E-state index contributed by atoms with van der Waals surface area (Å²) < 4.78 is 8.72. The van der Waals surface area contributed by atoms with Crippen molar-refractivity contribution in [3.05, 3.63) is 54.1 Å². The van der Waals surface area contributed by atoms with Crippen LogP contribution in [0.15, 0.2) is 43.0 Å². The zero-order chi connectivity index (χ0) is 12.3. The number of aromatic nitrogens is 2. The quantitative estimate of drug-likeness (QED) is 0.586. The largest absolute Gasteiger partial charge is 0.465 e. The molecular weight excluding hydrogens is 216 g/mol. The third-order valence-electron chi connectivity index (χ3n) is 2.56. The number of rotatable bonds is 3. The Labute approximate surface area is 100 Å². The van der Waals surface area contributed by atoms with Crippen LogP contribution in [0.1, 0.15) is 15.9 Å². The molecule has 0 atom stereocenters. The molecule has 17 heavy (non-hydrogen) atoms. The fraction of sp³-hybridized carbons (Fsp3) is 0.231. The van der Waals surface area contributed by atoms with Crippen LogP contribution in [0.2, 0.25) is 0 Å². The SMILES string of the molecule is COC(=O)c1ccc(Cn2cc[n+](C)c2)cc1. The average Bonchev–Trinajstić information content (AvgIpc) is 2.75. The van der Waals surface area contributed by atoms with Gasteiger partial charge in [0.05, 0.1) is 19.7 Å². The van der Waals surface area contributed by atoms with Gasteiger partial charge in [-0.05, 0) is 17.7 Å². The molecule has 0 unspecified atom stereocenters. The second-order valence-electron chi connectivity index (χ2n) is 3.94. The van der Waals surface area contributed by atoms with Crippen LogP contribution in [0.4, 0.5) is 0 Å². The maximum absolute atomic E-state index is 11.3. The number of esters is 1. The molecular formula is C13H15N2O2+. The van der Waals surface area contributed by atoms with Crippen LogP contribution in [0.3, 0.4) is 0 Å². The second-order valence-corrected chi connectivity index (χ2v) is 3.94. The molecule has 0 aliphatic rings. The molecule has 1 aromatic carbocycles. The lowest BCUT2D eigenvalue weighted by molar-refractivity contribution is -0.671. The van der Waals surface area contributed by atoms with Gasteiger partial charge in [0.25, 0.3) is 0 Å². The molecule has 0 spiro atoms. The molecule has 0 aliphatic heterocycles. The van der Waals surface area contributed by atoms with Crippen LogP contribution in [0, 0.1) is 0 Å². The van der Waals surface area contributed by atoms with Crippen molar-refractivity contribution in [3.8, 4) is 0 Å². The molecule has 88 valence electrons. The molecule has 0 aliphatic carbocycles. The van der Waals surface area contributed by atoms with Gasteiger partial charge in [-0.15, -0.1) is 0 Å². The number of nitrogens with zero attached hydrogens (tertiary/aromatic N) is 2. The highest BCUT2D eigenvalue weighted by molar-refractivity contribution is 5.89. The molecule has 0 radical (unpaired) electrons. The first-order chi connectivity index (χ1) is 8.19. The standard InChI is InChI=1S/C13H15N2O2/c1-14-7-8-15(10-14)9-11-3-5-12(6-4-11)13(16)17-2/h3-8,10H,9H2,1-2H3/q+1. The average molecular weight is 231 g/mol. The van der Waals surface area contributed by atoms with Gasteiger partial charge in [-0.25, -0.2) is 13.9 Å². The van der Waals surface area contributed by atoms with Crippen LogP contribution in [0.5, 0.6) is 0 Å². The summed E-state index contributed by atoms with van der Waals surface area (Å²) in [6.45, 7) is 0.794. The maximum Gasteiger partial charge on any atom is 0.337 e. The lowest BCUT2D eigenvalue weighted by Gasteiger charge is -2.01. The Kier molecular flexibility index (Phi) is 3.23. The van der Waals surface area contributed by atoms with E-state index in [1.807, 2.05) is 42.5 Å². The van der Waals surface area contributed by atoms with Crippen molar-refractivity contribution in [1.82, 2.24) is 4.57 Å². The molecule has 0 fully saturated rings. The number of hydrogen-bond donors (Lipinski definition) is 0. The van der Waals surface area contributed by atoms with Crippen LogP contribution in [-0.2, 0) is 18.3 Å². The maximum atomic E-state index is 11.3. The number of ether oxygens (including phenoxy) is 1. The Bertz CT molecular complexity index is 514. The highest BCUT2D eigenvalue weighted by Crippen LogP contribution is 2.07. The Balaban J connectivity index is 2.10. The summed E-state index contributed by atoms with van der Waals surface area (Å²) in [6.07, 6.45) is 6.01. The fourth-order valence-corrected chi connectivity index (χ4v) is 1.67. The van der Waals surface area contributed by atoms with Crippen molar-refractivity contribution in [2.75, 3.05) is 7.11 Å². The van der Waals surface area contributed by atoms with Crippen molar-refractivity contribution in [2.24, 2.45) is 7.05 Å². The molecule has 4 heteroatoms. The molecule has 2 aromatic rings. The van der Waals surface area contributed by atoms with Crippen molar-refractivity contribution in [2.45, 2.75) is 6.54 Å². The first-order valence-corrected chi connectivity index (χ1v) is 5.37. The third kappa shape index (κ3) is 2.72. The Morgan fingerprint density at radius 2 is 2.06 bits per heavy atom. The normalized spacial score (nSPS) is 10.2. The Hall–Kier alpha value is -2.10. The number of carbonyl (C=O) groups excluding carboxylic acids is 1. The highest BCUT2D eigenvalue weighted by Gasteiger charge is 2.06. The highest BCUT2D eigenvalue weighted by atomic mass is 16.5. The van der Waals surface area contributed by atoms with E-state index in [0.717, 1.165) is 12.1 Å². The van der Waals surface area contributed by atoms with Gasteiger partial charge < -0.3 is 4.74 Å². The van der Waals surface area contributed by atoms with Crippen molar-refractivity contribution in [1.29, 1.82) is 0 Å². The van der Waals surface area contributed by atoms with E-state index in [9.17, 15) is 4.79 Å². The van der Waals surface area contributed by atoms with E-state index in [0.29, 0.717) is 5.56 Å². The topological polar surface area (TPSA) is 35.1 Å².